The zero-order valence-corrected chi connectivity index (χ0v) is 10.3. The second-order valence-electron chi connectivity index (χ2n) is 4.71. The number of aliphatic hydroxyl groups excluding tert-OH is 1. The summed E-state index contributed by atoms with van der Waals surface area (Å²) >= 11 is 0. The fraction of sp³-hybridized carbons (Fsp3) is 0.333. The molecule has 18 heavy (non-hydrogen) atoms. The smallest absolute Gasteiger partial charge is 0.154 e. The summed E-state index contributed by atoms with van der Waals surface area (Å²) in [4.78, 5) is 8.36. The SMILES string of the molecule is OCc1nccc(-c2ccc3c(c2)CCCC3)n1. The molecular formula is C15H16N2O. The number of hydrogen-bond donors (Lipinski definition) is 1. The van der Waals surface area contributed by atoms with Crippen molar-refractivity contribution in [3.8, 4) is 11.3 Å². The Kier molecular flexibility index (Phi) is 3.07. The first kappa shape index (κ1) is 11.4. The van der Waals surface area contributed by atoms with Crippen LogP contribution >= 0.6 is 0 Å². The van der Waals surface area contributed by atoms with Gasteiger partial charge in [0.25, 0.3) is 0 Å². The van der Waals surface area contributed by atoms with Gasteiger partial charge in [0.15, 0.2) is 5.82 Å². The average Bonchev–Trinajstić information content (AvgIpc) is 2.47. The van der Waals surface area contributed by atoms with Gasteiger partial charge in [0, 0.05) is 11.8 Å². The van der Waals surface area contributed by atoms with Gasteiger partial charge in [-0.3, -0.25) is 0 Å². The van der Waals surface area contributed by atoms with Crippen LogP contribution in [0.3, 0.4) is 0 Å². The van der Waals surface area contributed by atoms with Gasteiger partial charge < -0.3 is 5.11 Å². The minimum Gasteiger partial charge on any atom is -0.388 e. The highest BCUT2D eigenvalue weighted by atomic mass is 16.3. The summed E-state index contributed by atoms with van der Waals surface area (Å²) < 4.78 is 0. The van der Waals surface area contributed by atoms with Crippen molar-refractivity contribution in [2.24, 2.45) is 0 Å². The van der Waals surface area contributed by atoms with Gasteiger partial charge in [-0.15, -0.1) is 0 Å². The second-order valence-corrected chi connectivity index (χ2v) is 4.71. The van der Waals surface area contributed by atoms with E-state index in [0.29, 0.717) is 5.82 Å². The largest absolute Gasteiger partial charge is 0.388 e. The molecule has 0 fully saturated rings. The molecule has 0 aliphatic heterocycles. The molecule has 92 valence electrons. The van der Waals surface area contributed by atoms with Crippen molar-refractivity contribution in [3.63, 3.8) is 0 Å². The summed E-state index contributed by atoms with van der Waals surface area (Å²) in [5, 5.41) is 9.08. The van der Waals surface area contributed by atoms with Crippen LogP contribution in [0.1, 0.15) is 29.8 Å². The van der Waals surface area contributed by atoms with E-state index in [4.69, 9.17) is 5.11 Å². The Hall–Kier alpha value is -1.74. The van der Waals surface area contributed by atoms with Crippen LogP contribution in [-0.2, 0) is 19.4 Å². The van der Waals surface area contributed by atoms with Crippen LogP contribution in [0.15, 0.2) is 30.5 Å². The Bertz CT molecular complexity index is 566. The molecule has 0 amide bonds. The molecular weight excluding hydrogens is 224 g/mol. The van der Waals surface area contributed by atoms with Crippen molar-refractivity contribution in [2.75, 3.05) is 0 Å². The molecule has 1 aromatic heterocycles. The van der Waals surface area contributed by atoms with Crippen molar-refractivity contribution in [3.05, 3.63) is 47.4 Å². The Balaban J connectivity index is 2.00. The third-order valence-corrected chi connectivity index (χ3v) is 3.49. The third kappa shape index (κ3) is 2.14. The lowest BCUT2D eigenvalue weighted by molar-refractivity contribution is 0.271. The summed E-state index contributed by atoms with van der Waals surface area (Å²) in [6.07, 6.45) is 6.65. The highest BCUT2D eigenvalue weighted by molar-refractivity contribution is 5.61. The topological polar surface area (TPSA) is 46.0 Å². The van der Waals surface area contributed by atoms with Gasteiger partial charge in [0.1, 0.15) is 6.61 Å². The number of aliphatic hydroxyl groups is 1. The molecule has 3 nitrogen and oxygen atoms in total. The van der Waals surface area contributed by atoms with Crippen LogP contribution in [0, 0.1) is 0 Å². The van der Waals surface area contributed by atoms with Crippen molar-refractivity contribution < 1.29 is 5.11 Å². The lowest BCUT2D eigenvalue weighted by atomic mass is 9.90. The molecule has 1 heterocycles. The van der Waals surface area contributed by atoms with Crippen LogP contribution in [0.5, 0.6) is 0 Å². The highest BCUT2D eigenvalue weighted by Gasteiger charge is 2.10. The molecule has 3 heteroatoms. The van der Waals surface area contributed by atoms with E-state index in [9.17, 15) is 0 Å². The lowest BCUT2D eigenvalue weighted by Crippen LogP contribution is -2.03. The Labute approximate surface area is 107 Å². The zero-order valence-electron chi connectivity index (χ0n) is 10.3. The van der Waals surface area contributed by atoms with E-state index in [1.54, 1.807) is 6.20 Å². The Morgan fingerprint density at radius 3 is 2.72 bits per heavy atom. The molecule has 1 N–H and O–H groups in total. The molecule has 0 radical (unpaired) electrons. The molecule has 3 rings (SSSR count). The zero-order chi connectivity index (χ0) is 12.4. The molecule has 0 saturated heterocycles. The number of aromatic nitrogens is 2. The summed E-state index contributed by atoms with van der Waals surface area (Å²) in [5.41, 5.74) is 4.93. The molecule has 0 spiro atoms. The molecule has 1 aliphatic carbocycles. The predicted octanol–water partition coefficient (Wildman–Crippen LogP) is 2.51. The first-order valence-corrected chi connectivity index (χ1v) is 6.42. The second kappa shape index (κ2) is 4.86. The summed E-state index contributed by atoms with van der Waals surface area (Å²) in [6.45, 7) is -0.112. The van der Waals surface area contributed by atoms with Crippen LogP contribution in [-0.4, -0.2) is 15.1 Å². The first-order valence-electron chi connectivity index (χ1n) is 6.42. The molecule has 0 saturated carbocycles. The van der Waals surface area contributed by atoms with Crippen LogP contribution < -0.4 is 0 Å². The van der Waals surface area contributed by atoms with Crippen LogP contribution in [0.4, 0.5) is 0 Å². The standard InChI is InChI=1S/C15H16N2O/c18-10-15-16-8-7-14(17-15)13-6-5-11-3-1-2-4-12(11)9-13/h5-9,18H,1-4,10H2. The molecule has 1 aliphatic rings. The van der Waals surface area contributed by atoms with Gasteiger partial charge in [-0.05, 0) is 48.9 Å². The van der Waals surface area contributed by atoms with Gasteiger partial charge in [0.2, 0.25) is 0 Å². The van der Waals surface area contributed by atoms with Gasteiger partial charge in [0.05, 0.1) is 5.69 Å². The first-order chi connectivity index (χ1) is 8.86. The number of nitrogens with zero attached hydrogens (tertiary/aromatic N) is 2. The maximum absolute atomic E-state index is 9.08. The summed E-state index contributed by atoms with van der Waals surface area (Å²) in [5.74, 6) is 0.477. The van der Waals surface area contributed by atoms with E-state index in [1.165, 1.54) is 36.8 Å². The fourth-order valence-electron chi connectivity index (χ4n) is 2.53. The number of fused-ring (bicyclic) bond motifs is 1. The number of rotatable bonds is 2. The fourth-order valence-corrected chi connectivity index (χ4v) is 2.53. The lowest BCUT2D eigenvalue weighted by Gasteiger charge is -2.16. The van der Waals surface area contributed by atoms with Crippen molar-refractivity contribution in [1.82, 2.24) is 9.97 Å². The van der Waals surface area contributed by atoms with Gasteiger partial charge in [-0.25, -0.2) is 9.97 Å². The van der Waals surface area contributed by atoms with Crippen LogP contribution in [0.2, 0.25) is 0 Å². The average molecular weight is 240 g/mol. The molecule has 2 aromatic rings. The van der Waals surface area contributed by atoms with Gasteiger partial charge in [-0.2, -0.15) is 0 Å². The molecule has 0 bridgehead atoms. The van der Waals surface area contributed by atoms with Crippen molar-refractivity contribution in [2.45, 2.75) is 32.3 Å². The minimum atomic E-state index is -0.112. The van der Waals surface area contributed by atoms with E-state index in [0.717, 1.165) is 11.3 Å². The van der Waals surface area contributed by atoms with Crippen LogP contribution in [0.25, 0.3) is 11.3 Å². The maximum Gasteiger partial charge on any atom is 0.154 e. The minimum absolute atomic E-state index is 0.112. The van der Waals surface area contributed by atoms with Crippen molar-refractivity contribution >= 4 is 0 Å². The Morgan fingerprint density at radius 1 is 1.06 bits per heavy atom. The van der Waals surface area contributed by atoms with E-state index in [1.807, 2.05) is 6.07 Å². The van der Waals surface area contributed by atoms with E-state index in [2.05, 4.69) is 28.2 Å². The maximum atomic E-state index is 9.08. The van der Waals surface area contributed by atoms with Crippen molar-refractivity contribution in [1.29, 1.82) is 0 Å². The molecule has 1 aromatic carbocycles. The normalized spacial score (nSPS) is 14.3. The van der Waals surface area contributed by atoms with E-state index >= 15 is 0 Å². The van der Waals surface area contributed by atoms with Gasteiger partial charge in [-0.1, -0.05) is 12.1 Å². The van der Waals surface area contributed by atoms with E-state index < -0.39 is 0 Å². The number of benzene rings is 1. The van der Waals surface area contributed by atoms with Gasteiger partial charge >= 0.3 is 0 Å². The third-order valence-electron chi connectivity index (χ3n) is 3.49. The predicted molar refractivity (Wildman–Crippen MR) is 70.0 cm³/mol. The summed E-state index contributed by atoms with van der Waals surface area (Å²) in [6, 6.07) is 8.46. The van der Waals surface area contributed by atoms with E-state index in [-0.39, 0.29) is 6.61 Å². The Morgan fingerprint density at radius 2 is 1.89 bits per heavy atom. The number of aryl methyl sites for hydroxylation is 2. The molecule has 0 unspecified atom stereocenters. The highest BCUT2D eigenvalue weighted by Crippen LogP contribution is 2.26. The summed E-state index contributed by atoms with van der Waals surface area (Å²) in [7, 11) is 0. The quantitative estimate of drug-likeness (QED) is 0.877. The number of hydrogen-bond acceptors (Lipinski definition) is 3. The monoisotopic (exact) mass is 240 g/mol. The molecule has 0 atom stereocenters.